The number of thiazole rings is 1. The number of ether oxygens (including phenoxy) is 1. The fourth-order valence-corrected chi connectivity index (χ4v) is 6.81. The van der Waals surface area contributed by atoms with Crippen LogP contribution in [0.3, 0.4) is 0 Å². The number of halogens is 1. The molecule has 2 aromatic heterocycles. The van der Waals surface area contributed by atoms with E-state index in [4.69, 9.17) is 9.72 Å². The smallest absolute Gasteiger partial charge is 0.337 e. The monoisotopic (exact) mass is 615 g/mol. The van der Waals surface area contributed by atoms with E-state index in [1.165, 1.54) is 12.1 Å². The molecule has 0 bridgehead atoms. The highest BCUT2D eigenvalue weighted by atomic mass is 32.1. The first-order chi connectivity index (χ1) is 20.7. The zero-order valence-corrected chi connectivity index (χ0v) is 27.5. The maximum absolute atomic E-state index is 13.3. The van der Waals surface area contributed by atoms with E-state index in [9.17, 15) is 14.3 Å². The number of rotatable bonds is 8. The molecule has 1 unspecified atom stereocenters. The number of anilines is 1. The molecule has 44 heavy (non-hydrogen) atoms. The number of carbonyl (C=O) groups is 1. The number of nitrogens with zero attached hydrogens (tertiary/aromatic N) is 3. The predicted molar refractivity (Wildman–Crippen MR) is 176 cm³/mol. The van der Waals surface area contributed by atoms with E-state index in [1.54, 1.807) is 23.5 Å². The van der Waals surface area contributed by atoms with Gasteiger partial charge in [0, 0.05) is 58.7 Å². The van der Waals surface area contributed by atoms with Crippen LogP contribution in [-0.2, 0) is 16.0 Å². The summed E-state index contributed by atoms with van der Waals surface area (Å²) in [4.78, 5) is 25.8. The lowest BCUT2D eigenvalue weighted by atomic mass is 9.81. The SMILES string of the molecule is Cc1nc(C)c(C(OC(C)(C)C)C(=O)O)c(N2CCC(C)(C)CC2)c1-c1ccc(-c2ncc(Cc3ccc(F)cc3)s2)cc1. The Kier molecular flexibility index (Phi) is 8.96. The topological polar surface area (TPSA) is 75.6 Å². The van der Waals surface area contributed by atoms with Gasteiger partial charge in [0.15, 0.2) is 6.10 Å². The number of aliphatic carboxylic acids is 1. The van der Waals surface area contributed by atoms with Gasteiger partial charge < -0.3 is 14.7 Å². The highest BCUT2D eigenvalue weighted by Crippen LogP contribution is 2.45. The number of hydrogen-bond acceptors (Lipinski definition) is 6. The maximum Gasteiger partial charge on any atom is 0.337 e. The van der Waals surface area contributed by atoms with E-state index in [-0.39, 0.29) is 11.2 Å². The molecule has 4 aromatic rings. The lowest BCUT2D eigenvalue weighted by Gasteiger charge is -2.41. The molecule has 8 heteroatoms. The molecule has 232 valence electrons. The van der Waals surface area contributed by atoms with Gasteiger partial charge in [0.2, 0.25) is 0 Å². The number of carboxylic acid groups (broad SMARTS) is 1. The molecule has 1 aliphatic rings. The van der Waals surface area contributed by atoms with Crippen LogP contribution < -0.4 is 4.90 Å². The molecule has 1 N–H and O–H groups in total. The summed E-state index contributed by atoms with van der Waals surface area (Å²) >= 11 is 1.62. The van der Waals surface area contributed by atoms with Crippen LogP contribution in [-0.4, -0.2) is 39.7 Å². The first kappa shape index (κ1) is 31.8. The van der Waals surface area contributed by atoms with Crippen molar-refractivity contribution in [3.8, 4) is 21.7 Å². The van der Waals surface area contributed by atoms with Gasteiger partial charge in [-0.2, -0.15) is 0 Å². The number of piperidine rings is 1. The molecule has 1 saturated heterocycles. The van der Waals surface area contributed by atoms with Gasteiger partial charge in [0.1, 0.15) is 10.8 Å². The molecule has 0 radical (unpaired) electrons. The van der Waals surface area contributed by atoms with E-state index in [2.05, 4.69) is 48.0 Å². The summed E-state index contributed by atoms with van der Waals surface area (Å²) < 4.78 is 19.5. The molecule has 0 aliphatic carbocycles. The third-order valence-corrected chi connectivity index (χ3v) is 9.28. The Hall–Kier alpha value is -3.62. The van der Waals surface area contributed by atoms with Gasteiger partial charge in [-0.05, 0) is 76.1 Å². The summed E-state index contributed by atoms with van der Waals surface area (Å²) in [6.45, 7) is 15.8. The van der Waals surface area contributed by atoms with Crippen molar-refractivity contribution in [1.29, 1.82) is 0 Å². The molecule has 5 rings (SSSR count). The molecule has 0 spiro atoms. The van der Waals surface area contributed by atoms with Crippen LogP contribution >= 0.6 is 11.3 Å². The van der Waals surface area contributed by atoms with Crippen LogP contribution in [0.25, 0.3) is 21.7 Å². The number of aryl methyl sites for hydroxylation is 2. The average molecular weight is 616 g/mol. The molecule has 1 aliphatic heterocycles. The molecule has 2 aromatic carbocycles. The fourth-order valence-electron chi connectivity index (χ4n) is 5.86. The van der Waals surface area contributed by atoms with Crippen LogP contribution in [0.5, 0.6) is 0 Å². The second-order valence-corrected chi connectivity index (χ2v) is 14.6. The molecule has 0 amide bonds. The quantitative estimate of drug-likeness (QED) is 0.214. The third kappa shape index (κ3) is 7.19. The van der Waals surface area contributed by atoms with E-state index in [0.717, 1.165) is 69.5 Å². The number of carboxylic acids is 1. The molecule has 1 atom stereocenters. The first-order valence-corrected chi connectivity index (χ1v) is 16.0. The Morgan fingerprint density at radius 1 is 1.02 bits per heavy atom. The Bertz CT molecular complexity index is 1630. The van der Waals surface area contributed by atoms with E-state index >= 15 is 0 Å². The van der Waals surface area contributed by atoms with Crippen LogP contribution in [0, 0.1) is 25.1 Å². The number of hydrogen-bond donors (Lipinski definition) is 1. The minimum absolute atomic E-state index is 0.229. The van der Waals surface area contributed by atoms with Crippen molar-refractivity contribution in [2.75, 3.05) is 18.0 Å². The van der Waals surface area contributed by atoms with Crippen molar-refractivity contribution in [3.63, 3.8) is 0 Å². The van der Waals surface area contributed by atoms with Crippen molar-refractivity contribution in [2.45, 2.75) is 79.4 Å². The van der Waals surface area contributed by atoms with E-state index in [1.807, 2.05) is 40.8 Å². The first-order valence-electron chi connectivity index (χ1n) is 15.2. The summed E-state index contributed by atoms with van der Waals surface area (Å²) in [5.41, 5.74) is 6.60. The standard InChI is InChI=1S/C36H42FN3O3S/c1-22-29(25-10-12-26(13-11-25)33-38-21-28(44-33)20-24-8-14-27(37)15-9-24)31(40-18-16-36(6,7)17-19-40)30(23(2)39-22)32(34(41)42)43-35(3,4)5/h8-15,21,32H,16-20H2,1-7H3,(H,41,42). The summed E-state index contributed by atoms with van der Waals surface area (Å²) in [6.07, 6.45) is 3.45. The highest BCUT2D eigenvalue weighted by molar-refractivity contribution is 7.15. The summed E-state index contributed by atoms with van der Waals surface area (Å²) in [6, 6.07) is 14.9. The van der Waals surface area contributed by atoms with Gasteiger partial charge in [-0.15, -0.1) is 11.3 Å². The van der Waals surface area contributed by atoms with E-state index in [0.29, 0.717) is 17.7 Å². The van der Waals surface area contributed by atoms with Crippen LogP contribution in [0.1, 0.15) is 81.0 Å². The van der Waals surface area contributed by atoms with Crippen molar-refractivity contribution >= 4 is 23.0 Å². The molecule has 6 nitrogen and oxygen atoms in total. The molecule has 1 fully saturated rings. The highest BCUT2D eigenvalue weighted by Gasteiger charge is 2.36. The summed E-state index contributed by atoms with van der Waals surface area (Å²) in [7, 11) is 0. The number of benzene rings is 2. The normalized spacial score (nSPS) is 15.8. The average Bonchev–Trinajstić information content (AvgIpc) is 3.41. The zero-order chi connectivity index (χ0) is 31.8. The molecule has 0 saturated carbocycles. The minimum Gasteiger partial charge on any atom is -0.479 e. The molecular formula is C36H42FN3O3S. The molecular weight excluding hydrogens is 573 g/mol. The number of aromatic nitrogens is 2. The van der Waals surface area contributed by atoms with Gasteiger partial charge in [-0.1, -0.05) is 50.2 Å². The fraction of sp³-hybridized carbons (Fsp3) is 0.417. The van der Waals surface area contributed by atoms with Crippen molar-refractivity contribution in [2.24, 2.45) is 5.41 Å². The van der Waals surface area contributed by atoms with Gasteiger partial charge >= 0.3 is 5.97 Å². The third-order valence-electron chi connectivity index (χ3n) is 8.24. The van der Waals surface area contributed by atoms with Gasteiger partial charge in [0.25, 0.3) is 0 Å². The largest absolute Gasteiger partial charge is 0.479 e. The van der Waals surface area contributed by atoms with Gasteiger partial charge in [-0.25, -0.2) is 14.2 Å². The van der Waals surface area contributed by atoms with Crippen molar-refractivity contribution in [3.05, 3.63) is 87.9 Å². The summed E-state index contributed by atoms with van der Waals surface area (Å²) in [5, 5.41) is 11.3. The van der Waals surface area contributed by atoms with Crippen LogP contribution in [0.4, 0.5) is 10.1 Å². The lowest BCUT2D eigenvalue weighted by Crippen LogP contribution is -2.39. The Labute approximate surface area is 264 Å². The Morgan fingerprint density at radius 3 is 2.23 bits per heavy atom. The zero-order valence-electron chi connectivity index (χ0n) is 26.7. The Morgan fingerprint density at radius 2 is 1.64 bits per heavy atom. The predicted octanol–water partition coefficient (Wildman–Crippen LogP) is 8.79. The van der Waals surface area contributed by atoms with Gasteiger partial charge in [-0.3, -0.25) is 4.98 Å². The minimum atomic E-state index is -1.15. The Balaban J connectivity index is 1.55. The molecule has 3 heterocycles. The number of pyridine rings is 1. The van der Waals surface area contributed by atoms with Gasteiger partial charge in [0.05, 0.1) is 11.3 Å². The van der Waals surface area contributed by atoms with E-state index < -0.39 is 17.7 Å². The lowest BCUT2D eigenvalue weighted by molar-refractivity contribution is -0.160. The summed E-state index contributed by atoms with van der Waals surface area (Å²) in [5.74, 6) is -1.26. The second kappa shape index (κ2) is 12.4. The second-order valence-electron chi connectivity index (χ2n) is 13.5. The van der Waals surface area contributed by atoms with Crippen molar-refractivity contribution < 1.29 is 19.0 Å². The van der Waals surface area contributed by atoms with Crippen molar-refractivity contribution in [1.82, 2.24) is 9.97 Å². The maximum atomic E-state index is 13.3. The van der Waals surface area contributed by atoms with Crippen LogP contribution in [0.2, 0.25) is 0 Å². The van der Waals surface area contributed by atoms with Crippen LogP contribution in [0.15, 0.2) is 54.7 Å².